The number of hydrogen-bond donors (Lipinski definition) is 1. The van der Waals surface area contributed by atoms with Crippen LogP contribution in [0.1, 0.15) is 67.9 Å². The van der Waals surface area contributed by atoms with Crippen molar-refractivity contribution in [3.8, 4) is 11.3 Å². The second kappa shape index (κ2) is 10.3. The molecule has 1 saturated carbocycles. The first-order valence-corrected chi connectivity index (χ1v) is 13.1. The normalized spacial score (nSPS) is 20.9. The monoisotopic (exact) mass is 487 g/mol. The standard InChI is InChI=1S/C30H34FN3O2/c1-30(29(36)32-24-15-8-3-2-4-9-16-24)21-33-26(22-12-6-5-7-13-22)18-19-27(33)28(35)34(30)20-23-14-10-11-17-25(23)31/h5-7,10-14,17-19,24H,2-4,8-9,15-16,20-21H2,1H3,(H,32,36). The zero-order valence-corrected chi connectivity index (χ0v) is 20.9. The van der Waals surface area contributed by atoms with Crippen LogP contribution in [-0.4, -0.2) is 32.9 Å². The molecule has 1 unspecified atom stereocenters. The maximum Gasteiger partial charge on any atom is 0.271 e. The number of benzene rings is 2. The van der Waals surface area contributed by atoms with E-state index in [-0.39, 0.29) is 30.2 Å². The van der Waals surface area contributed by atoms with Gasteiger partial charge in [-0.25, -0.2) is 4.39 Å². The smallest absolute Gasteiger partial charge is 0.271 e. The number of nitrogens with zero attached hydrogens (tertiary/aromatic N) is 2. The van der Waals surface area contributed by atoms with Gasteiger partial charge < -0.3 is 14.8 Å². The maximum absolute atomic E-state index is 14.7. The van der Waals surface area contributed by atoms with Crippen molar-refractivity contribution in [2.45, 2.75) is 76.5 Å². The third-order valence-corrected chi connectivity index (χ3v) is 7.79. The van der Waals surface area contributed by atoms with Crippen LogP contribution in [0.25, 0.3) is 11.3 Å². The number of carbonyl (C=O) groups excluding carboxylic acids is 2. The molecule has 1 fully saturated rings. The van der Waals surface area contributed by atoms with Gasteiger partial charge in [-0.3, -0.25) is 9.59 Å². The van der Waals surface area contributed by atoms with E-state index in [2.05, 4.69) is 5.32 Å². The van der Waals surface area contributed by atoms with Crippen LogP contribution < -0.4 is 5.32 Å². The first-order valence-electron chi connectivity index (χ1n) is 13.1. The van der Waals surface area contributed by atoms with Crippen molar-refractivity contribution in [3.63, 3.8) is 0 Å². The first-order chi connectivity index (χ1) is 17.5. The summed E-state index contributed by atoms with van der Waals surface area (Å²) in [4.78, 5) is 29.4. The quantitative estimate of drug-likeness (QED) is 0.484. The Labute approximate surface area is 212 Å². The van der Waals surface area contributed by atoms with Gasteiger partial charge in [0.05, 0.1) is 13.1 Å². The molecule has 2 aromatic carbocycles. The number of aromatic nitrogens is 1. The Bertz CT molecular complexity index is 1230. The summed E-state index contributed by atoms with van der Waals surface area (Å²) in [5, 5.41) is 3.29. The highest BCUT2D eigenvalue weighted by Gasteiger charge is 2.48. The topological polar surface area (TPSA) is 54.3 Å². The number of fused-ring (bicyclic) bond motifs is 1. The van der Waals surface area contributed by atoms with E-state index in [0.717, 1.165) is 36.9 Å². The van der Waals surface area contributed by atoms with Gasteiger partial charge in [-0.15, -0.1) is 0 Å². The third-order valence-electron chi connectivity index (χ3n) is 7.79. The lowest BCUT2D eigenvalue weighted by Crippen LogP contribution is -2.64. The summed E-state index contributed by atoms with van der Waals surface area (Å²) in [6.45, 7) is 2.16. The zero-order chi connectivity index (χ0) is 25.1. The van der Waals surface area contributed by atoms with Gasteiger partial charge in [-0.05, 0) is 43.5 Å². The molecule has 1 aromatic heterocycles. The molecule has 1 aliphatic carbocycles. The van der Waals surface area contributed by atoms with E-state index in [0.29, 0.717) is 17.8 Å². The Balaban J connectivity index is 1.52. The highest BCUT2D eigenvalue weighted by atomic mass is 19.1. The van der Waals surface area contributed by atoms with Gasteiger partial charge >= 0.3 is 0 Å². The molecule has 0 spiro atoms. The lowest BCUT2D eigenvalue weighted by Gasteiger charge is -2.45. The van der Waals surface area contributed by atoms with Crippen molar-refractivity contribution in [3.05, 3.63) is 83.8 Å². The Morgan fingerprint density at radius 3 is 2.28 bits per heavy atom. The van der Waals surface area contributed by atoms with E-state index in [1.54, 1.807) is 23.1 Å². The van der Waals surface area contributed by atoms with Gasteiger partial charge in [0.15, 0.2) is 0 Å². The van der Waals surface area contributed by atoms with Gasteiger partial charge in [-0.2, -0.15) is 0 Å². The van der Waals surface area contributed by atoms with E-state index in [4.69, 9.17) is 0 Å². The molecule has 2 heterocycles. The lowest BCUT2D eigenvalue weighted by molar-refractivity contribution is -0.134. The van der Waals surface area contributed by atoms with Crippen molar-refractivity contribution in [2.75, 3.05) is 0 Å². The molecule has 36 heavy (non-hydrogen) atoms. The average Bonchev–Trinajstić information content (AvgIpc) is 3.28. The minimum absolute atomic E-state index is 0.0337. The van der Waals surface area contributed by atoms with Gasteiger partial charge in [0, 0.05) is 17.3 Å². The molecule has 0 saturated heterocycles. The molecule has 1 N–H and O–H groups in total. The van der Waals surface area contributed by atoms with Crippen molar-refractivity contribution in [2.24, 2.45) is 0 Å². The van der Waals surface area contributed by atoms with Crippen LogP contribution in [0.4, 0.5) is 4.39 Å². The minimum atomic E-state index is -1.17. The molecule has 0 bridgehead atoms. The Morgan fingerprint density at radius 1 is 0.917 bits per heavy atom. The Kier molecular flexibility index (Phi) is 6.95. The van der Waals surface area contributed by atoms with E-state index >= 15 is 0 Å². The summed E-state index contributed by atoms with van der Waals surface area (Å²) in [5.41, 5.74) is 1.63. The van der Waals surface area contributed by atoms with E-state index in [1.807, 2.05) is 54.0 Å². The van der Waals surface area contributed by atoms with E-state index in [1.165, 1.54) is 25.3 Å². The van der Waals surface area contributed by atoms with Crippen LogP contribution in [0.5, 0.6) is 0 Å². The fraction of sp³-hybridized carbons (Fsp3) is 0.400. The van der Waals surface area contributed by atoms with Gasteiger partial charge in [0.2, 0.25) is 5.91 Å². The summed E-state index contributed by atoms with van der Waals surface area (Å²) in [7, 11) is 0. The van der Waals surface area contributed by atoms with Crippen molar-refractivity contribution in [1.82, 2.24) is 14.8 Å². The predicted molar refractivity (Wildman–Crippen MR) is 139 cm³/mol. The number of rotatable bonds is 5. The second-order valence-corrected chi connectivity index (χ2v) is 10.3. The van der Waals surface area contributed by atoms with Crippen LogP contribution in [0.2, 0.25) is 0 Å². The van der Waals surface area contributed by atoms with Crippen molar-refractivity contribution in [1.29, 1.82) is 0 Å². The minimum Gasteiger partial charge on any atom is -0.351 e. The molecular formula is C30H34FN3O2. The van der Waals surface area contributed by atoms with Gasteiger partial charge in [0.1, 0.15) is 17.1 Å². The molecule has 0 radical (unpaired) electrons. The number of amides is 2. The number of hydrogen-bond acceptors (Lipinski definition) is 2. The van der Waals surface area contributed by atoms with Crippen LogP contribution in [0.3, 0.4) is 0 Å². The predicted octanol–water partition coefficient (Wildman–Crippen LogP) is 5.94. The SMILES string of the molecule is CC1(C(=O)NC2CCCCCCC2)Cn2c(ccc2-c2ccccc2)C(=O)N1Cc1ccccc1F. The molecule has 1 aliphatic heterocycles. The molecule has 5 rings (SSSR count). The number of carbonyl (C=O) groups is 2. The molecule has 2 aliphatic rings. The largest absolute Gasteiger partial charge is 0.351 e. The molecular weight excluding hydrogens is 453 g/mol. The third kappa shape index (κ3) is 4.69. The summed E-state index contributed by atoms with van der Waals surface area (Å²) >= 11 is 0. The number of halogens is 1. The molecule has 3 aromatic rings. The molecule has 1 atom stereocenters. The summed E-state index contributed by atoms with van der Waals surface area (Å²) < 4.78 is 16.6. The fourth-order valence-electron chi connectivity index (χ4n) is 5.62. The highest BCUT2D eigenvalue weighted by Crippen LogP contribution is 2.34. The fourth-order valence-corrected chi connectivity index (χ4v) is 5.62. The van der Waals surface area contributed by atoms with Gasteiger partial charge in [-0.1, -0.05) is 80.6 Å². The summed E-state index contributed by atoms with van der Waals surface area (Å²) in [5.74, 6) is -0.808. The Hall–Kier alpha value is -3.41. The lowest BCUT2D eigenvalue weighted by atomic mass is 9.91. The second-order valence-electron chi connectivity index (χ2n) is 10.3. The van der Waals surface area contributed by atoms with Crippen molar-refractivity contribution < 1.29 is 14.0 Å². The maximum atomic E-state index is 14.7. The Morgan fingerprint density at radius 2 is 1.56 bits per heavy atom. The molecule has 2 amide bonds. The van der Waals surface area contributed by atoms with Crippen LogP contribution in [-0.2, 0) is 17.9 Å². The highest BCUT2D eigenvalue weighted by molar-refractivity contribution is 6.00. The van der Waals surface area contributed by atoms with E-state index in [9.17, 15) is 14.0 Å². The average molecular weight is 488 g/mol. The summed E-state index contributed by atoms with van der Waals surface area (Å²) in [6.07, 6.45) is 7.73. The first kappa shape index (κ1) is 24.3. The summed E-state index contributed by atoms with van der Waals surface area (Å²) in [6, 6.07) is 20.2. The van der Waals surface area contributed by atoms with Crippen LogP contribution in [0, 0.1) is 5.82 Å². The van der Waals surface area contributed by atoms with Crippen LogP contribution >= 0.6 is 0 Å². The van der Waals surface area contributed by atoms with Crippen molar-refractivity contribution >= 4 is 11.8 Å². The van der Waals surface area contributed by atoms with Gasteiger partial charge in [0.25, 0.3) is 5.91 Å². The van der Waals surface area contributed by atoms with E-state index < -0.39 is 5.54 Å². The molecule has 188 valence electrons. The van der Waals surface area contributed by atoms with Crippen LogP contribution in [0.15, 0.2) is 66.7 Å². The zero-order valence-electron chi connectivity index (χ0n) is 20.9. The molecule has 6 heteroatoms. The molecule has 5 nitrogen and oxygen atoms in total. The number of nitrogens with one attached hydrogen (secondary N) is 1.